The van der Waals surface area contributed by atoms with Crippen molar-refractivity contribution in [2.75, 3.05) is 13.1 Å². The van der Waals surface area contributed by atoms with Crippen molar-refractivity contribution in [1.82, 2.24) is 15.2 Å². The number of aromatic nitrogens is 1. The summed E-state index contributed by atoms with van der Waals surface area (Å²) < 4.78 is 1.97. The van der Waals surface area contributed by atoms with Crippen molar-refractivity contribution in [2.45, 2.75) is 44.7 Å². The van der Waals surface area contributed by atoms with Crippen LogP contribution in [0.4, 0.5) is 0 Å². The Labute approximate surface area is 124 Å². The van der Waals surface area contributed by atoms with Crippen LogP contribution in [0.5, 0.6) is 0 Å². The summed E-state index contributed by atoms with van der Waals surface area (Å²) in [6, 6.07) is 3.07. The summed E-state index contributed by atoms with van der Waals surface area (Å²) >= 11 is 0. The molecule has 1 aromatic heterocycles. The van der Waals surface area contributed by atoms with Crippen LogP contribution in [0.1, 0.15) is 49.1 Å². The highest BCUT2D eigenvalue weighted by Crippen LogP contribution is 2.21. The number of aliphatic carboxylic acids is 1. The Hall–Kier alpha value is -1.82. The maximum Gasteiger partial charge on any atom is 0.326 e. The average molecular weight is 293 g/mol. The van der Waals surface area contributed by atoms with Crippen molar-refractivity contribution in [3.63, 3.8) is 0 Å². The molecule has 1 amide bonds. The number of carboxylic acids is 1. The van der Waals surface area contributed by atoms with Gasteiger partial charge in [-0.1, -0.05) is 13.3 Å². The molecule has 1 atom stereocenters. The van der Waals surface area contributed by atoms with Crippen LogP contribution in [-0.2, 0) is 4.79 Å². The lowest BCUT2D eigenvalue weighted by molar-refractivity contribution is -0.139. The van der Waals surface area contributed by atoms with Gasteiger partial charge in [-0.3, -0.25) is 4.79 Å². The first-order valence-electron chi connectivity index (χ1n) is 7.54. The Morgan fingerprint density at radius 2 is 2.19 bits per heavy atom. The topological polar surface area (TPSA) is 83.4 Å². The summed E-state index contributed by atoms with van der Waals surface area (Å²) in [5.41, 5.74) is 0.546. The van der Waals surface area contributed by atoms with E-state index in [4.69, 9.17) is 5.11 Å². The molecule has 0 aliphatic carbocycles. The maximum absolute atomic E-state index is 12.3. The van der Waals surface area contributed by atoms with E-state index in [2.05, 4.69) is 10.6 Å². The molecule has 0 bridgehead atoms. The standard InChI is InChI=1S/C15H23N3O3/c1-2-4-12(15(20)21)17-14(19)13-5-3-10-18(13)11-6-8-16-9-7-11/h3,5,10-12,16H,2,4,6-9H2,1H3,(H,17,19)(H,20,21). The molecular weight excluding hydrogens is 270 g/mol. The number of carbonyl (C=O) groups excluding carboxylic acids is 1. The van der Waals surface area contributed by atoms with Crippen molar-refractivity contribution >= 4 is 11.9 Å². The third kappa shape index (κ3) is 3.85. The van der Waals surface area contributed by atoms with Crippen LogP contribution >= 0.6 is 0 Å². The van der Waals surface area contributed by atoms with Crippen LogP contribution in [0.3, 0.4) is 0 Å². The van der Waals surface area contributed by atoms with Crippen molar-refractivity contribution in [1.29, 1.82) is 0 Å². The van der Waals surface area contributed by atoms with Crippen molar-refractivity contribution in [3.8, 4) is 0 Å². The molecule has 0 aromatic carbocycles. The third-order valence-electron chi connectivity index (χ3n) is 3.89. The number of piperidine rings is 1. The molecule has 2 rings (SSSR count). The molecule has 116 valence electrons. The predicted molar refractivity (Wildman–Crippen MR) is 79.4 cm³/mol. The molecule has 1 aliphatic rings. The summed E-state index contributed by atoms with van der Waals surface area (Å²) in [5, 5.41) is 15.1. The van der Waals surface area contributed by atoms with Crippen LogP contribution in [0.25, 0.3) is 0 Å². The van der Waals surface area contributed by atoms with Gasteiger partial charge in [-0.15, -0.1) is 0 Å². The molecular formula is C15H23N3O3. The predicted octanol–water partition coefficient (Wildman–Crippen LogP) is 1.40. The molecule has 21 heavy (non-hydrogen) atoms. The number of hydrogen-bond acceptors (Lipinski definition) is 3. The van der Waals surface area contributed by atoms with E-state index in [1.165, 1.54) is 0 Å². The summed E-state index contributed by atoms with van der Waals surface area (Å²) in [4.78, 5) is 23.5. The zero-order valence-corrected chi connectivity index (χ0v) is 12.3. The molecule has 1 aliphatic heterocycles. The van der Waals surface area contributed by atoms with Gasteiger partial charge in [0, 0.05) is 12.2 Å². The summed E-state index contributed by atoms with van der Waals surface area (Å²) in [7, 11) is 0. The molecule has 1 unspecified atom stereocenters. The van der Waals surface area contributed by atoms with E-state index in [1.807, 2.05) is 23.8 Å². The molecule has 2 heterocycles. The van der Waals surface area contributed by atoms with E-state index in [-0.39, 0.29) is 5.91 Å². The van der Waals surface area contributed by atoms with E-state index in [1.54, 1.807) is 6.07 Å². The Kier molecular flexibility index (Phi) is 5.38. The minimum Gasteiger partial charge on any atom is -0.480 e. The number of carboxylic acid groups (broad SMARTS) is 1. The van der Waals surface area contributed by atoms with Crippen LogP contribution in [0.15, 0.2) is 18.3 Å². The highest BCUT2D eigenvalue weighted by molar-refractivity contribution is 5.95. The van der Waals surface area contributed by atoms with Gasteiger partial charge in [0.2, 0.25) is 0 Å². The molecule has 1 aromatic rings. The van der Waals surface area contributed by atoms with Gasteiger partial charge in [-0.05, 0) is 44.5 Å². The van der Waals surface area contributed by atoms with Gasteiger partial charge < -0.3 is 20.3 Å². The zero-order chi connectivity index (χ0) is 15.2. The first-order chi connectivity index (χ1) is 10.1. The number of nitrogens with zero attached hydrogens (tertiary/aromatic N) is 1. The Balaban J connectivity index is 2.08. The maximum atomic E-state index is 12.3. The van der Waals surface area contributed by atoms with Gasteiger partial charge in [0.05, 0.1) is 0 Å². The molecule has 3 N–H and O–H groups in total. The lowest BCUT2D eigenvalue weighted by Gasteiger charge is -2.26. The number of rotatable bonds is 6. The molecule has 1 saturated heterocycles. The van der Waals surface area contributed by atoms with Gasteiger partial charge >= 0.3 is 5.97 Å². The molecule has 6 nitrogen and oxygen atoms in total. The molecule has 1 fully saturated rings. The zero-order valence-electron chi connectivity index (χ0n) is 12.3. The van der Waals surface area contributed by atoms with Crippen LogP contribution in [-0.4, -0.2) is 40.7 Å². The second-order valence-corrected chi connectivity index (χ2v) is 5.43. The summed E-state index contributed by atoms with van der Waals surface area (Å²) in [6.45, 7) is 3.79. The van der Waals surface area contributed by atoms with E-state index < -0.39 is 12.0 Å². The van der Waals surface area contributed by atoms with E-state index in [0.29, 0.717) is 24.6 Å². The Morgan fingerprint density at radius 3 is 2.81 bits per heavy atom. The summed E-state index contributed by atoms with van der Waals surface area (Å²) in [6.07, 6.45) is 5.01. The smallest absolute Gasteiger partial charge is 0.326 e. The molecule has 0 saturated carbocycles. The second-order valence-electron chi connectivity index (χ2n) is 5.43. The van der Waals surface area contributed by atoms with Crippen LogP contribution < -0.4 is 10.6 Å². The van der Waals surface area contributed by atoms with Gasteiger partial charge in [-0.2, -0.15) is 0 Å². The lowest BCUT2D eigenvalue weighted by atomic mass is 10.1. The third-order valence-corrected chi connectivity index (χ3v) is 3.89. The van der Waals surface area contributed by atoms with Crippen molar-refractivity contribution < 1.29 is 14.7 Å². The summed E-state index contributed by atoms with van der Waals surface area (Å²) in [5.74, 6) is -1.29. The average Bonchev–Trinajstić information content (AvgIpc) is 2.97. The van der Waals surface area contributed by atoms with Gasteiger partial charge in [0.1, 0.15) is 11.7 Å². The SMILES string of the molecule is CCCC(NC(=O)c1cccn1C1CCNCC1)C(=O)O. The fraction of sp³-hybridized carbons (Fsp3) is 0.600. The molecule has 0 spiro atoms. The molecule has 0 radical (unpaired) electrons. The second kappa shape index (κ2) is 7.26. The van der Waals surface area contributed by atoms with E-state index in [0.717, 1.165) is 25.9 Å². The minimum atomic E-state index is -0.981. The van der Waals surface area contributed by atoms with Crippen LogP contribution in [0.2, 0.25) is 0 Å². The van der Waals surface area contributed by atoms with Crippen molar-refractivity contribution in [2.24, 2.45) is 0 Å². The van der Waals surface area contributed by atoms with Gasteiger partial charge in [0.25, 0.3) is 5.91 Å². The number of hydrogen-bond donors (Lipinski definition) is 3. The quantitative estimate of drug-likeness (QED) is 0.740. The highest BCUT2D eigenvalue weighted by atomic mass is 16.4. The largest absolute Gasteiger partial charge is 0.480 e. The minimum absolute atomic E-state index is 0.302. The lowest BCUT2D eigenvalue weighted by Crippen LogP contribution is -2.41. The number of nitrogens with one attached hydrogen (secondary N) is 2. The van der Waals surface area contributed by atoms with Gasteiger partial charge in [-0.25, -0.2) is 4.79 Å². The van der Waals surface area contributed by atoms with E-state index in [9.17, 15) is 9.59 Å². The monoisotopic (exact) mass is 293 g/mol. The number of carbonyl (C=O) groups is 2. The first kappa shape index (κ1) is 15.6. The Bertz CT molecular complexity index is 492. The highest BCUT2D eigenvalue weighted by Gasteiger charge is 2.23. The Morgan fingerprint density at radius 1 is 1.48 bits per heavy atom. The van der Waals surface area contributed by atoms with Gasteiger partial charge in [0.15, 0.2) is 0 Å². The fourth-order valence-corrected chi connectivity index (χ4v) is 2.77. The van der Waals surface area contributed by atoms with Crippen molar-refractivity contribution in [3.05, 3.63) is 24.0 Å². The normalized spacial score (nSPS) is 17.4. The fourth-order valence-electron chi connectivity index (χ4n) is 2.77. The first-order valence-corrected chi connectivity index (χ1v) is 7.54. The van der Waals surface area contributed by atoms with Crippen LogP contribution in [0, 0.1) is 0 Å². The number of amides is 1. The molecule has 6 heteroatoms. The van der Waals surface area contributed by atoms with E-state index >= 15 is 0 Å².